The van der Waals surface area contributed by atoms with Crippen LogP contribution in [0.25, 0.3) is 0 Å². The van der Waals surface area contributed by atoms with Crippen molar-refractivity contribution in [3.8, 4) is 0 Å². The van der Waals surface area contributed by atoms with Crippen LogP contribution in [0, 0.1) is 0 Å². The van der Waals surface area contributed by atoms with E-state index in [0.29, 0.717) is 25.9 Å². The SMILES string of the molecule is CO[C@H]1CCN(C(=O)CCN2CCCCC2=O)C1. The average Bonchev–Trinajstić information content (AvgIpc) is 2.86. The van der Waals surface area contributed by atoms with E-state index in [9.17, 15) is 9.59 Å². The van der Waals surface area contributed by atoms with E-state index < -0.39 is 0 Å². The zero-order valence-electron chi connectivity index (χ0n) is 11.1. The molecule has 2 aliphatic heterocycles. The summed E-state index contributed by atoms with van der Waals surface area (Å²) in [6.45, 7) is 2.87. The van der Waals surface area contributed by atoms with Crippen LogP contribution >= 0.6 is 0 Å². The standard InChI is InChI=1S/C13H22N2O3/c1-18-11-5-8-15(10-11)13(17)6-9-14-7-3-2-4-12(14)16/h11H,2-10H2,1H3/t11-/m0/s1. The highest BCUT2D eigenvalue weighted by Gasteiger charge is 2.26. The highest BCUT2D eigenvalue weighted by atomic mass is 16.5. The number of rotatable bonds is 4. The van der Waals surface area contributed by atoms with Crippen LogP contribution in [0.2, 0.25) is 0 Å². The Bertz CT molecular complexity index is 319. The Balaban J connectivity index is 1.73. The monoisotopic (exact) mass is 254 g/mol. The van der Waals surface area contributed by atoms with Crippen LogP contribution < -0.4 is 0 Å². The fourth-order valence-electron chi connectivity index (χ4n) is 2.63. The van der Waals surface area contributed by atoms with Crippen molar-refractivity contribution in [1.29, 1.82) is 0 Å². The van der Waals surface area contributed by atoms with Gasteiger partial charge in [0.25, 0.3) is 0 Å². The number of nitrogens with zero attached hydrogens (tertiary/aromatic N) is 2. The fraction of sp³-hybridized carbons (Fsp3) is 0.846. The van der Waals surface area contributed by atoms with Crippen molar-refractivity contribution >= 4 is 11.8 Å². The summed E-state index contributed by atoms with van der Waals surface area (Å²) < 4.78 is 5.24. The molecule has 0 aromatic carbocycles. The fourth-order valence-corrected chi connectivity index (χ4v) is 2.63. The van der Waals surface area contributed by atoms with E-state index in [2.05, 4.69) is 0 Å². The Morgan fingerprint density at radius 3 is 2.89 bits per heavy atom. The van der Waals surface area contributed by atoms with E-state index in [0.717, 1.165) is 32.4 Å². The maximum atomic E-state index is 12.0. The third kappa shape index (κ3) is 3.22. The molecule has 0 spiro atoms. The van der Waals surface area contributed by atoms with E-state index in [4.69, 9.17) is 4.74 Å². The first-order valence-corrected chi connectivity index (χ1v) is 6.79. The molecule has 0 radical (unpaired) electrons. The van der Waals surface area contributed by atoms with Gasteiger partial charge in [0.05, 0.1) is 6.10 Å². The molecule has 0 aromatic heterocycles. The molecule has 5 heteroatoms. The van der Waals surface area contributed by atoms with Gasteiger partial charge >= 0.3 is 0 Å². The molecule has 0 N–H and O–H groups in total. The quantitative estimate of drug-likeness (QED) is 0.739. The van der Waals surface area contributed by atoms with Crippen molar-refractivity contribution in [3.05, 3.63) is 0 Å². The van der Waals surface area contributed by atoms with Crippen LogP contribution in [0.5, 0.6) is 0 Å². The highest BCUT2D eigenvalue weighted by Crippen LogP contribution is 2.14. The number of likely N-dealkylation sites (tertiary alicyclic amines) is 2. The summed E-state index contributed by atoms with van der Waals surface area (Å²) in [7, 11) is 1.69. The van der Waals surface area contributed by atoms with E-state index >= 15 is 0 Å². The van der Waals surface area contributed by atoms with Crippen LogP contribution in [-0.4, -0.2) is 61.0 Å². The van der Waals surface area contributed by atoms with Gasteiger partial charge in [-0.15, -0.1) is 0 Å². The molecule has 2 fully saturated rings. The zero-order valence-corrected chi connectivity index (χ0v) is 11.1. The lowest BCUT2D eigenvalue weighted by atomic mass is 10.1. The lowest BCUT2D eigenvalue weighted by Gasteiger charge is -2.27. The van der Waals surface area contributed by atoms with Crippen LogP contribution in [0.15, 0.2) is 0 Å². The second kappa shape index (κ2) is 6.18. The van der Waals surface area contributed by atoms with Gasteiger partial charge in [0.15, 0.2) is 0 Å². The summed E-state index contributed by atoms with van der Waals surface area (Å²) in [6.07, 6.45) is 4.25. The Morgan fingerprint density at radius 1 is 1.39 bits per heavy atom. The van der Waals surface area contributed by atoms with Gasteiger partial charge in [-0.25, -0.2) is 0 Å². The van der Waals surface area contributed by atoms with Gasteiger partial charge in [-0.05, 0) is 19.3 Å². The van der Waals surface area contributed by atoms with Crippen molar-refractivity contribution < 1.29 is 14.3 Å². The molecule has 2 aliphatic rings. The molecule has 18 heavy (non-hydrogen) atoms. The molecule has 0 unspecified atom stereocenters. The number of carbonyl (C=O) groups is 2. The summed E-state index contributed by atoms with van der Waals surface area (Å²) in [5, 5.41) is 0. The number of carbonyl (C=O) groups excluding carboxylic acids is 2. The lowest BCUT2D eigenvalue weighted by Crippen LogP contribution is -2.39. The molecule has 2 amide bonds. The maximum absolute atomic E-state index is 12.0. The molecule has 2 heterocycles. The minimum Gasteiger partial charge on any atom is -0.380 e. The number of piperidine rings is 1. The molecular weight excluding hydrogens is 232 g/mol. The second-order valence-corrected chi connectivity index (χ2v) is 5.07. The van der Waals surface area contributed by atoms with Gasteiger partial charge < -0.3 is 14.5 Å². The molecular formula is C13H22N2O3. The van der Waals surface area contributed by atoms with Gasteiger partial charge in [-0.1, -0.05) is 0 Å². The number of ether oxygens (including phenoxy) is 1. The summed E-state index contributed by atoms with van der Waals surface area (Å²) in [4.78, 5) is 27.3. The lowest BCUT2D eigenvalue weighted by molar-refractivity contribution is -0.135. The van der Waals surface area contributed by atoms with Gasteiger partial charge in [0.1, 0.15) is 0 Å². The normalized spacial score (nSPS) is 24.7. The topological polar surface area (TPSA) is 49.9 Å². The summed E-state index contributed by atoms with van der Waals surface area (Å²) in [6, 6.07) is 0. The predicted molar refractivity (Wildman–Crippen MR) is 67.0 cm³/mol. The molecule has 1 atom stereocenters. The predicted octanol–water partition coefficient (Wildman–Crippen LogP) is 0.636. The van der Waals surface area contributed by atoms with Gasteiger partial charge in [0.2, 0.25) is 11.8 Å². The first-order chi connectivity index (χ1) is 8.70. The van der Waals surface area contributed by atoms with Crippen LogP contribution in [0.3, 0.4) is 0 Å². The molecule has 0 aromatic rings. The van der Waals surface area contributed by atoms with Gasteiger partial charge in [-0.2, -0.15) is 0 Å². The third-order valence-electron chi connectivity index (χ3n) is 3.85. The summed E-state index contributed by atoms with van der Waals surface area (Å²) in [5.74, 6) is 0.346. The molecule has 0 saturated carbocycles. The maximum Gasteiger partial charge on any atom is 0.224 e. The first-order valence-electron chi connectivity index (χ1n) is 6.79. The molecule has 2 rings (SSSR count). The molecule has 5 nitrogen and oxygen atoms in total. The van der Waals surface area contributed by atoms with E-state index in [1.54, 1.807) is 7.11 Å². The van der Waals surface area contributed by atoms with Crippen molar-refractivity contribution in [2.24, 2.45) is 0 Å². The van der Waals surface area contributed by atoms with Crippen LogP contribution in [0.1, 0.15) is 32.1 Å². The number of hydrogen-bond acceptors (Lipinski definition) is 3. The van der Waals surface area contributed by atoms with Gasteiger partial charge in [0, 0.05) is 46.1 Å². The Kier molecular flexibility index (Phi) is 4.58. The molecule has 2 saturated heterocycles. The van der Waals surface area contributed by atoms with Crippen LogP contribution in [-0.2, 0) is 14.3 Å². The van der Waals surface area contributed by atoms with Gasteiger partial charge in [-0.3, -0.25) is 9.59 Å². The smallest absolute Gasteiger partial charge is 0.224 e. The van der Waals surface area contributed by atoms with E-state index in [-0.39, 0.29) is 17.9 Å². The number of hydrogen-bond donors (Lipinski definition) is 0. The largest absolute Gasteiger partial charge is 0.380 e. The first kappa shape index (κ1) is 13.3. The van der Waals surface area contributed by atoms with E-state index in [1.807, 2.05) is 9.80 Å². The van der Waals surface area contributed by atoms with E-state index in [1.165, 1.54) is 0 Å². The number of amides is 2. The van der Waals surface area contributed by atoms with Crippen molar-refractivity contribution in [3.63, 3.8) is 0 Å². The minimum absolute atomic E-state index is 0.146. The highest BCUT2D eigenvalue weighted by molar-refractivity contribution is 5.79. The van der Waals surface area contributed by atoms with Crippen LogP contribution in [0.4, 0.5) is 0 Å². The minimum atomic E-state index is 0.146. The Labute approximate surface area is 108 Å². The van der Waals surface area contributed by atoms with Crippen molar-refractivity contribution in [2.45, 2.75) is 38.2 Å². The Morgan fingerprint density at radius 2 is 2.22 bits per heavy atom. The Hall–Kier alpha value is -1.10. The average molecular weight is 254 g/mol. The number of methoxy groups -OCH3 is 1. The summed E-state index contributed by atoms with van der Waals surface area (Å²) >= 11 is 0. The molecule has 0 aliphatic carbocycles. The zero-order chi connectivity index (χ0) is 13.0. The summed E-state index contributed by atoms with van der Waals surface area (Å²) in [5.41, 5.74) is 0. The third-order valence-corrected chi connectivity index (χ3v) is 3.85. The van der Waals surface area contributed by atoms with Crippen molar-refractivity contribution in [1.82, 2.24) is 9.80 Å². The molecule has 102 valence electrons. The van der Waals surface area contributed by atoms with Crippen molar-refractivity contribution in [2.75, 3.05) is 33.3 Å². The molecule has 0 bridgehead atoms. The second-order valence-electron chi connectivity index (χ2n) is 5.07.